The zero-order valence-corrected chi connectivity index (χ0v) is 15.5. The van der Waals surface area contributed by atoms with Gasteiger partial charge in [-0.3, -0.25) is 9.59 Å². The quantitative estimate of drug-likeness (QED) is 0.789. The third-order valence-electron chi connectivity index (χ3n) is 3.43. The summed E-state index contributed by atoms with van der Waals surface area (Å²) >= 11 is 5.87. The van der Waals surface area contributed by atoms with Crippen molar-refractivity contribution in [2.45, 2.75) is 11.1 Å². The van der Waals surface area contributed by atoms with Crippen LogP contribution in [0.25, 0.3) is 0 Å². The van der Waals surface area contributed by atoms with Crippen molar-refractivity contribution < 1.29 is 26.4 Å². The van der Waals surface area contributed by atoms with Gasteiger partial charge in [0, 0.05) is 25.9 Å². The molecule has 12 heteroatoms. The second kappa shape index (κ2) is 7.33. The van der Waals surface area contributed by atoms with E-state index in [1.54, 1.807) is 0 Å². The molecular weight excluding hydrogens is 411 g/mol. The van der Waals surface area contributed by atoms with Gasteiger partial charge in [-0.15, -0.1) is 0 Å². The largest absolute Gasteiger partial charge is 0.417 e. The number of aromatic amines is 1. The third kappa shape index (κ3) is 4.49. The number of nitrogens with one attached hydrogen (secondary N) is 2. The summed E-state index contributed by atoms with van der Waals surface area (Å²) in [5, 5.41) is 1.89. The van der Waals surface area contributed by atoms with Gasteiger partial charge in [0.25, 0.3) is 11.5 Å². The maximum Gasteiger partial charge on any atom is 0.417 e. The fourth-order valence-electron chi connectivity index (χ4n) is 1.97. The van der Waals surface area contributed by atoms with Crippen LogP contribution >= 0.6 is 11.6 Å². The molecule has 1 aromatic heterocycles. The van der Waals surface area contributed by atoms with Gasteiger partial charge in [-0.1, -0.05) is 11.6 Å². The number of halogens is 4. The number of carbonyl (C=O) groups is 1. The highest BCUT2D eigenvalue weighted by Crippen LogP contribution is 2.29. The van der Waals surface area contributed by atoms with Crippen LogP contribution in [0.2, 0.25) is 5.02 Å². The van der Waals surface area contributed by atoms with Crippen molar-refractivity contribution in [3.8, 4) is 0 Å². The minimum atomic E-state index is -4.73. The predicted octanol–water partition coefficient (Wildman–Crippen LogP) is 2.55. The zero-order chi connectivity index (χ0) is 20.6. The lowest BCUT2D eigenvalue weighted by Crippen LogP contribution is -2.24. The van der Waals surface area contributed by atoms with E-state index in [1.807, 2.05) is 10.3 Å². The number of alkyl halides is 3. The van der Waals surface area contributed by atoms with Gasteiger partial charge in [0.2, 0.25) is 10.0 Å². The van der Waals surface area contributed by atoms with Gasteiger partial charge < -0.3 is 10.3 Å². The maximum absolute atomic E-state index is 12.7. The fraction of sp³-hybridized carbons (Fsp3) is 0.200. The Morgan fingerprint density at radius 2 is 1.85 bits per heavy atom. The van der Waals surface area contributed by atoms with Crippen LogP contribution in [-0.2, 0) is 16.2 Å². The SMILES string of the molecule is CN(C)S(=O)(=O)c1cc(C(=O)Nc2cc(C(F)(F)F)c[nH]c2=O)ccc1Cl. The summed E-state index contributed by atoms with van der Waals surface area (Å²) in [6.07, 6.45) is -4.25. The molecule has 0 atom stereocenters. The number of pyridine rings is 1. The van der Waals surface area contributed by atoms with Gasteiger partial charge in [0.15, 0.2) is 0 Å². The van der Waals surface area contributed by atoms with E-state index in [9.17, 15) is 31.2 Å². The molecule has 0 fully saturated rings. The van der Waals surface area contributed by atoms with E-state index in [1.165, 1.54) is 20.2 Å². The lowest BCUT2D eigenvalue weighted by molar-refractivity contribution is -0.137. The Hall–Kier alpha value is -2.37. The number of nitrogens with zero attached hydrogens (tertiary/aromatic N) is 1. The summed E-state index contributed by atoms with van der Waals surface area (Å²) in [6.45, 7) is 0. The molecule has 0 aliphatic heterocycles. The first-order chi connectivity index (χ1) is 12.3. The molecule has 2 aromatic rings. The van der Waals surface area contributed by atoms with Gasteiger partial charge in [-0.25, -0.2) is 12.7 Å². The van der Waals surface area contributed by atoms with Crippen LogP contribution in [0.15, 0.2) is 40.2 Å². The van der Waals surface area contributed by atoms with E-state index in [4.69, 9.17) is 11.6 Å². The number of carbonyl (C=O) groups excluding carboxylic acids is 1. The van der Waals surface area contributed by atoms with Gasteiger partial charge in [0.05, 0.1) is 10.6 Å². The Morgan fingerprint density at radius 1 is 1.22 bits per heavy atom. The Morgan fingerprint density at radius 3 is 2.41 bits per heavy atom. The van der Waals surface area contributed by atoms with E-state index in [-0.39, 0.29) is 15.5 Å². The number of benzene rings is 1. The molecule has 7 nitrogen and oxygen atoms in total. The van der Waals surface area contributed by atoms with Gasteiger partial charge in [-0.2, -0.15) is 13.2 Å². The summed E-state index contributed by atoms with van der Waals surface area (Å²) in [4.78, 5) is 25.5. The van der Waals surface area contributed by atoms with Crippen molar-refractivity contribution in [3.05, 3.63) is 57.0 Å². The summed E-state index contributed by atoms with van der Waals surface area (Å²) in [5.41, 5.74) is -2.96. The van der Waals surface area contributed by atoms with E-state index >= 15 is 0 Å². The molecule has 1 amide bonds. The van der Waals surface area contributed by atoms with E-state index in [2.05, 4.69) is 0 Å². The third-order valence-corrected chi connectivity index (χ3v) is 5.73. The van der Waals surface area contributed by atoms with Gasteiger partial charge >= 0.3 is 6.18 Å². The highest BCUT2D eigenvalue weighted by Gasteiger charge is 2.31. The highest BCUT2D eigenvalue weighted by molar-refractivity contribution is 7.89. The van der Waals surface area contributed by atoms with E-state index in [0.29, 0.717) is 12.3 Å². The minimum Gasteiger partial charge on any atom is -0.327 e. The maximum atomic E-state index is 12.7. The zero-order valence-electron chi connectivity index (χ0n) is 13.9. The molecule has 2 N–H and O–H groups in total. The van der Waals surface area contributed by atoms with Crippen LogP contribution in [0.3, 0.4) is 0 Å². The Balaban J connectivity index is 2.42. The molecule has 0 saturated heterocycles. The van der Waals surface area contributed by atoms with Crippen molar-refractivity contribution in [1.29, 1.82) is 0 Å². The molecule has 0 bridgehead atoms. The Bertz CT molecular complexity index is 1050. The van der Waals surface area contributed by atoms with E-state index in [0.717, 1.165) is 16.4 Å². The summed E-state index contributed by atoms with van der Waals surface area (Å²) < 4.78 is 63.6. The molecular formula is C15H13ClF3N3O4S. The average molecular weight is 424 g/mol. The summed E-state index contributed by atoms with van der Waals surface area (Å²) in [6, 6.07) is 3.77. The van der Waals surface area contributed by atoms with Crippen LogP contribution in [-0.4, -0.2) is 37.7 Å². The standard InChI is InChI=1S/C15H13ClF3N3O4S/c1-22(2)27(25,26)12-5-8(3-4-10(12)16)13(23)21-11-6-9(15(17,18)19)7-20-14(11)24/h3-7H,1-2H3,(H,20,24)(H,21,23). The van der Waals surface area contributed by atoms with Gasteiger partial charge in [-0.05, 0) is 24.3 Å². The molecule has 146 valence electrons. The topological polar surface area (TPSA) is 99.3 Å². The lowest BCUT2D eigenvalue weighted by Gasteiger charge is -2.14. The minimum absolute atomic E-state index is 0.142. The van der Waals surface area contributed by atoms with Crippen molar-refractivity contribution in [1.82, 2.24) is 9.29 Å². The average Bonchev–Trinajstić information content (AvgIpc) is 2.55. The molecule has 0 aliphatic carbocycles. The highest BCUT2D eigenvalue weighted by atomic mass is 35.5. The molecule has 0 spiro atoms. The van der Waals surface area contributed by atoms with Crippen molar-refractivity contribution in [3.63, 3.8) is 0 Å². The predicted molar refractivity (Wildman–Crippen MR) is 92.3 cm³/mol. The molecule has 1 heterocycles. The normalized spacial score (nSPS) is 12.3. The molecule has 0 unspecified atom stereocenters. The molecule has 0 aliphatic rings. The number of amides is 1. The molecule has 27 heavy (non-hydrogen) atoms. The fourth-order valence-corrected chi connectivity index (χ4v) is 3.37. The lowest BCUT2D eigenvalue weighted by atomic mass is 10.2. The molecule has 2 rings (SSSR count). The van der Waals surface area contributed by atoms with Crippen LogP contribution in [0.4, 0.5) is 18.9 Å². The summed E-state index contributed by atoms with van der Waals surface area (Å²) in [5.74, 6) is -0.980. The number of aromatic nitrogens is 1. The molecule has 1 aromatic carbocycles. The summed E-state index contributed by atoms with van der Waals surface area (Å²) in [7, 11) is -1.44. The second-order valence-electron chi connectivity index (χ2n) is 5.52. The monoisotopic (exact) mass is 423 g/mol. The first kappa shape index (κ1) is 20.9. The van der Waals surface area contributed by atoms with Crippen molar-refractivity contribution >= 4 is 33.2 Å². The van der Waals surface area contributed by atoms with Crippen LogP contribution in [0.5, 0.6) is 0 Å². The Kier molecular flexibility index (Phi) is 5.68. The number of hydrogen-bond acceptors (Lipinski definition) is 4. The van der Waals surface area contributed by atoms with E-state index < -0.39 is 38.9 Å². The molecule has 0 saturated carbocycles. The number of H-pyrrole nitrogens is 1. The first-order valence-electron chi connectivity index (χ1n) is 7.17. The van der Waals surface area contributed by atoms with Crippen LogP contribution in [0.1, 0.15) is 15.9 Å². The Labute approximate surface area is 156 Å². The number of hydrogen-bond donors (Lipinski definition) is 2. The smallest absolute Gasteiger partial charge is 0.327 e. The van der Waals surface area contributed by atoms with Crippen LogP contribution in [0, 0.1) is 0 Å². The van der Waals surface area contributed by atoms with Gasteiger partial charge in [0.1, 0.15) is 10.6 Å². The number of anilines is 1. The second-order valence-corrected chi connectivity index (χ2v) is 8.04. The van der Waals surface area contributed by atoms with Crippen LogP contribution < -0.4 is 10.9 Å². The number of rotatable bonds is 4. The van der Waals surface area contributed by atoms with Crippen molar-refractivity contribution in [2.75, 3.05) is 19.4 Å². The molecule has 0 radical (unpaired) electrons. The first-order valence-corrected chi connectivity index (χ1v) is 8.99. The number of sulfonamides is 1. The van der Waals surface area contributed by atoms with Crippen molar-refractivity contribution in [2.24, 2.45) is 0 Å².